The van der Waals surface area contributed by atoms with Gasteiger partial charge in [0, 0.05) is 5.39 Å². The standard InChI is InChI=1S/C10H7N3/c1-2-4-9-8(3-1)10-5-11-6-13(10)7-12-9/h1-7H. The molecule has 2 heterocycles. The first-order valence-corrected chi connectivity index (χ1v) is 4.10. The molecule has 0 bridgehead atoms. The largest absolute Gasteiger partial charge is 0.289 e. The lowest BCUT2D eigenvalue weighted by atomic mass is 10.2. The predicted octanol–water partition coefficient (Wildman–Crippen LogP) is 1.88. The number of hydrogen-bond donors (Lipinski definition) is 0. The highest BCUT2D eigenvalue weighted by Crippen LogP contribution is 2.16. The molecule has 0 aliphatic rings. The SMILES string of the molecule is c1ccc2c(c1)ncn1cncc21. The average molecular weight is 169 g/mol. The highest BCUT2D eigenvalue weighted by atomic mass is 15.0. The fourth-order valence-electron chi connectivity index (χ4n) is 1.53. The van der Waals surface area contributed by atoms with E-state index < -0.39 is 0 Å². The van der Waals surface area contributed by atoms with Crippen molar-refractivity contribution in [2.75, 3.05) is 0 Å². The number of fused-ring (bicyclic) bond motifs is 3. The van der Waals surface area contributed by atoms with Gasteiger partial charge >= 0.3 is 0 Å². The summed E-state index contributed by atoms with van der Waals surface area (Å²) in [7, 11) is 0. The second-order valence-electron chi connectivity index (χ2n) is 2.95. The van der Waals surface area contributed by atoms with E-state index in [0.717, 1.165) is 16.4 Å². The first-order chi connectivity index (χ1) is 6.45. The Kier molecular flexibility index (Phi) is 1.16. The molecule has 0 unspecified atom stereocenters. The number of aromatic nitrogens is 3. The van der Waals surface area contributed by atoms with Crippen LogP contribution in [0.25, 0.3) is 16.4 Å². The highest BCUT2D eigenvalue weighted by molar-refractivity contribution is 5.92. The van der Waals surface area contributed by atoms with Gasteiger partial charge in [-0.15, -0.1) is 0 Å². The van der Waals surface area contributed by atoms with Crippen molar-refractivity contribution in [1.82, 2.24) is 14.4 Å². The highest BCUT2D eigenvalue weighted by Gasteiger charge is 1.99. The number of rotatable bonds is 0. The van der Waals surface area contributed by atoms with Crippen molar-refractivity contribution in [2.24, 2.45) is 0 Å². The minimum absolute atomic E-state index is 1.01. The van der Waals surface area contributed by atoms with Gasteiger partial charge < -0.3 is 0 Å². The molecule has 3 heteroatoms. The molecule has 0 amide bonds. The number of nitrogens with zero attached hydrogens (tertiary/aromatic N) is 3. The summed E-state index contributed by atoms with van der Waals surface area (Å²) in [4.78, 5) is 8.38. The summed E-state index contributed by atoms with van der Waals surface area (Å²) in [5.41, 5.74) is 2.11. The van der Waals surface area contributed by atoms with Gasteiger partial charge in [-0.3, -0.25) is 4.40 Å². The molecular weight excluding hydrogens is 162 g/mol. The molecule has 1 aromatic carbocycles. The number of imidazole rings is 1. The topological polar surface area (TPSA) is 30.2 Å². The minimum Gasteiger partial charge on any atom is -0.289 e. The first-order valence-electron chi connectivity index (χ1n) is 4.10. The maximum absolute atomic E-state index is 4.30. The smallest absolute Gasteiger partial charge is 0.101 e. The average Bonchev–Trinajstić information content (AvgIpc) is 2.65. The Balaban J connectivity index is 2.65. The Labute approximate surface area is 74.7 Å². The van der Waals surface area contributed by atoms with Crippen LogP contribution in [0.4, 0.5) is 0 Å². The molecule has 13 heavy (non-hydrogen) atoms. The van der Waals surface area contributed by atoms with Crippen LogP contribution in [-0.2, 0) is 0 Å². The number of hydrogen-bond acceptors (Lipinski definition) is 2. The Hall–Kier alpha value is -1.90. The lowest BCUT2D eigenvalue weighted by Crippen LogP contribution is -1.86. The van der Waals surface area contributed by atoms with Gasteiger partial charge in [0.2, 0.25) is 0 Å². The second-order valence-corrected chi connectivity index (χ2v) is 2.95. The van der Waals surface area contributed by atoms with E-state index in [0.29, 0.717) is 0 Å². The van der Waals surface area contributed by atoms with Gasteiger partial charge in [-0.25, -0.2) is 9.97 Å². The van der Waals surface area contributed by atoms with Crippen LogP contribution in [0.1, 0.15) is 0 Å². The quantitative estimate of drug-likeness (QED) is 0.514. The lowest BCUT2D eigenvalue weighted by molar-refractivity contribution is 1.10. The minimum atomic E-state index is 1.01. The summed E-state index contributed by atoms with van der Waals surface area (Å²) in [5, 5.41) is 1.14. The van der Waals surface area contributed by atoms with Crippen LogP contribution in [0.3, 0.4) is 0 Å². The van der Waals surface area contributed by atoms with E-state index in [-0.39, 0.29) is 0 Å². The van der Waals surface area contributed by atoms with E-state index in [1.54, 1.807) is 12.7 Å². The molecule has 0 atom stereocenters. The third kappa shape index (κ3) is 0.839. The normalized spacial score (nSPS) is 11.1. The Morgan fingerprint density at radius 2 is 2.00 bits per heavy atom. The third-order valence-electron chi connectivity index (χ3n) is 2.17. The van der Waals surface area contributed by atoms with E-state index in [1.165, 1.54) is 0 Å². The molecule has 0 aliphatic heterocycles. The summed E-state index contributed by atoms with van der Waals surface area (Å²) < 4.78 is 1.92. The molecule has 62 valence electrons. The van der Waals surface area contributed by atoms with E-state index in [9.17, 15) is 0 Å². The summed E-state index contributed by atoms with van der Waals surface area (Å²) in [6, 6.07) is 8.06. The van der Waals surface area contributed by atoms with Crippen molar-refractivity contribution in [3.63, 3.8) is 0 Å². The van der Waals surface area contributed by atoms with Crippen LogP contribution in [0.15, 0.2) is 43.1 Å². The summed E-state index contributed by atoms with van der Waals surface area (Å²) >= 11 is 0. The maximum atomic E-state index is 4.30. The van der Waals surface area contributed by atoms with Crippen molar-refractivity contribution in [1.29, 1.82) is 0 Å². The number of benzene rings is 1. The monoisotopic (exact) mass is 169 g/mol. The number of para-hydroxylation sites is 1. The van der Waals surface area contributed by atoms with E-state index >= 15 is 0 Å². The fourth-order valence-corrected chi connectivity index (χ4v) is 1.53. The van der Waals surface area contributed by atoms with E-state index in [1.807, 2.05) is 28.8 Å². The van der Waals surface area contributed by atoms with Crippen LogP contribution < -0.4 is 0 Å². The molecule has 2 aromatic heterocycles. The summed E-state index contributed by atoms with van der Waals surface area (Å²) in [5.74, 6) is 0. The Morgan fingerprint density at radius 1 is 1.08 bits per heavy atom. The van der Waals surface area contributed by atoms with Crippen LogP contribution in [0, 0.1) is 0 Å². The van der Waals surface area contributed by atoms with Crippen LogP contribution in [-0.4, -0.2) is 14.4 Å². The summed E-state index contributed by atoms with van der Waals surface area (Å²) in [6.07, 6.45) is 5.39. The summed E-state index contributed by atoms with van der Waals surface area (Å²) in [6.45, 7) is 0. The molecule has 0 saturated carbocycles. The third-order valence-corrected chi connectivity index (χ3v) is 2.17. The van der Waals surface area contributed by atoms with Crippen molar-refractivity contribution < 1.29 is 0 Å². The van der Waals surface area contributed by atoms with Gasteiger partial charge in [0.25, 0.3) is 0 Å². The van der Waals surface area contributed by atoms with E-state index in [2.05, 4.69) is 16.0 Å². The predicted molar refractivity (Wildman–Crippen MR) is 50.5 cm³/mol. The van der Waals surface area contributed by atoms with Gasteiger partial charge in [0.1, 0.15) is 12.7 Å². The molecule has 0 aliphatic carbocycles. The molecule has 0 saturated heterocycles. The molecule has 0 fully saturated rings. The van der Waals surface area contributed by atoms with Crippen molar-refractivity contribution in [3.05, 3.63) is 43.1 Å². The van der Waals surface area contributed by atoms with Crippen molar-refractivity contribution >= 4 is 16.4 Å². The van der Waals surface area contributed by atoms with Gasteiger partial charge in [-0.2, -0.15) is 0 Å². The molecule has 3 rings (SSSR count). The molecule has 3 aromatic rings. The Bertz CT molecular complexity index is 568. The molecule has 0 radical (unpaired) electrons. The zero-order valence-corrected chi connectivity index (χ0v) is 6.88. The Morgan fingerprint density at radius 3 is 3.00 bits per heavy atom. The van der Waals surface area contributed by atoms with Crippen molar-refractivity contribution in [3.8, 4) is 0 Å². The molecular formula is C10H7N3. The first kappa shape index (κ1) is 6.60. The van der Waals surface area contributed by atoms with Crippen LogP contribution in [0.2, 0.25) is 0 Å². The second kappa shape index (κ2) is 2.29. The van der Waals surface area contributed by atoms with Crippen LogP contribution in [0.5, 0.6) is 0 Å². The van der Waals surface area contributed by atoms with Gasteiger partial charge in [0.05, 0.1) is 17.2 Å². The van der Waals surface area contributed by atoms with Crippen molar-refractivity contribution in [2.45, 2.75) is 0 Å². The molecule has 0 N–H and O–H groups in total. The lowest BCUT2D eigenvalue weighted by Gasteiger charge is -1.98. The zero-order valence-electron chi connectivity index (χ0n) is 6.88. The zero-order chi connectivity index (χ0) is 8.67. The fraction of sp³-hybridized carbons (Fsp3) is 0. The molecule has 3 nitrogen and oxygen atoms in total. The van der Waals surface area contributed by atoms with E-state index in [4.69, 9.17) is 0 Å². The van der Waals surface area contributed by atoms with Gasteiger partial charge in [-0.05, 0) is 6.07 Å². The van der Waals surface area contributed by atoms with Gasteiger partial charge in [-0.1, -0.05) is 18.2 Å². The van der Waals surface area contributed by atoms with Gasteiger partial charge in [0.15, 0.2) is 0 Å². The molecule has 0 spiro atoms. The van der Waals surface area contributed by atoms with Crippen LogP contribution >= 0.6 is 0 Å². The maximum Gasteiger partial charge on any atom is 0.101 e.